The van der Waals surface area contributed by atoms with Gasteiger partial charge in [-0.1, -0.05) is 25.1 Å². The molecule has 0 saturated carbocycles. The number of nitrogens with one attached hydrogen (secondary N) is 2. The first-order valence-corrected chi connectivity index (χ1v) is 8.85. The van der Waals surface area contributed by atoms with Crippen LogP contribution >= 0.6 is 0 Å². The van der Waals surface area contributed by atoms with E-state index in [0.29, 0.717) is 17.6 Å². The zero-order chi connectivity index (χ0) is 18.8. The number of hydrogen-bond acceptors (Lipinski definition) is 6. The smallest absolute Gasteiger partial charge is 0.257 e. The highest BCUT2D eigenvalue weighted by atomic mass is 16.1. The second-order valence-corrected chi connectivity index (χ2v) is 6.37. The van der Waals surface area contributed by atoms with Crippen LogP contribution in [0.25, 0.3) is 0 Å². The molecule has 0 spiro atoms. The largest absolute Gasteiger partial charge is 0.326 e. The number of hydrogen-bond donors (Lipinski definition) is 2. The second-order valence-electron chi connectivity index (χ2n) is 6.37. The van der Waals surface area contributed by atoms with Crippen molar-refractivity contribution in [3.63, 3.8) is 0 Å². The van der Waals surface area contributed by atoms with Gasteiger partial charge in [0.1, 0.15) is 0 Å². The molecule has 3 heterocycles. The van der Waals surface area contributed by atoms with Crippen LogP contribution in [0.2, 0.25) is 0 Å². The van der Waals surface area contributed by atoms with Crippen molar-refractivity contribution in [2.45, 2.75) is 26.4 Å². The summed E-state index contributed by atoms with van der Waals surface area (Å²) in [4.78, 5) is 25.9. The molecule has 1 aromatic carbocycles. The van der Waals surface area contributed by atoms with Gasteiger partial charge in [-0.05, 0) is 37.1 Å². The summed E-state index contributed by atoms with van der Waals surface area (Å²) >= 11 is 0. The van der Waals surface area contributed by atoms with Gasteiger partial charge in [0.15, 0.2) is 6.17 Å². The van der Waals surface area contributed by atoms with E-state index in [0.717, 1.165) is 17.7 Å². The predicted molar refractivity (Wildman–Crippen MR) is 106 cm³/mol. The minimum Gasteiger partial charge on any atom is -0.326 e. The molecule has 2 N–H and O–H groups in total. The zero-order valence-electron chi connectivity index (χ0n) is 15.2. The number of nitrogens with zero attached hydrogens (tertiary/aromatic N) is 4. The van der Waals surface area contributed by atoms with Crippen molar-refractivity contribution in [3.8, 4) is 0 Å². The van der Waals surface area contributed by atoms with Gasteiger partial charge < -0.3 is 5.32 Å². The highest BCUT2D eigenvalue weighted by Crippen LogP contribution is 2.25. The Morgan fingerprint density at radius 1 is 1.22 bits per heavy atom. The molecule has 1 atom stereocenters. The van der Waals surface area contributed by atoms with Crippen LogP contribution in [0.15, 0.2) is 64.6 Å². The molecule has 0 saturated heterocycles. The lowest BCUT2D eigenvalue weighted by Crippen LogP contribution is -2.37. The Bertz CT molecular complexity index is 1040. The van der Waals surface area contributed by atoms with E-state index < -0.39 is 6.17 Å². The molecule has 1 aliphatic heterocycles. The van der Waals surface area contributed by atoms with Gasteiger partial charge in [-0.3, -0.25) is 19.7 Å². The predicted octanol–water partition coefficient (Wildman–Crippen LogP) is 2.95. The quantitative estimate of drug-likeness (QED) is 0.750. The average Bonchev–Trinajstić information content (AvgIpc) is 2.68. The number of aliphatic imine (C=N–C) groups is 1. The molecule has 0 amide bonds. The van der Waals surface area contributed by atoms with Crippen LogP contribution in [0.3, 0.4) is 0 Å². The van der Waals surface area contributed by atoms with E-state index in [-0.39, 0.29) is 5.56 Å². The molecule has 7 heteroatoms. The number of benzene rings is 1. The van der Waals surface area contributed by atoms with Gasteiger partial charge in [0.25, 0.3) is 5.56 Å². The second kappa shape index (κ2) is 7.03. The Hall–Kier alpha value is -3.48. The van der Waals surface area contributed by atoms with E-state index in [1.54, 1.807) is 19.3 Å². The summed E-state index contributed by atoms with van der Waals surface area (Å²) in [5.74, 6) is 0.988. The highest BCUT2D eigenvalue weighted by Gasteiger charge is 2.25. The fourth-order valence-corrected chi connectivity index (χ4v) is 3.02. The van der Waals surface area contributed by atoms with Gasteiger partial charge in [-0.15, -0.1) is 0 Å². The number of anilines is 2. The Labute approximate surface area is 156 Å². The summed E-state index contributed by atoms with van der Waals surface area (Å²) in [7, 11) is 0. The van der Waals surface area contributed by atoms with Crippen molar-refractivity contribution in [3.05, 3.63) is 82.0 Å². The molecule has 27 heavy (non-hydrogen) atoms. The average molecular weight is 360 g/mol. The lowest BCUT2D eigenvalue weighted by atomic mass is 10.1. The van der Waals surface area contributed by atoms with Crippen LogP contribution in [-0.2, 0) is 6.42 Å². The zero-order valence-corrected chi connectivity index (χ0v) is 15.2. The molecular weight excluding hydrogens is 340 g/mol. The van der Waals surface area contributed by atoms with Crippen LogP contribution in [-0.4, -0.2) is 20.5 Å². The molecule has 0 bridgehead atoms. The maximum atomic E-state index is 12.6. The maximum Gasteiger partial charge on any atom is 0.257 e. The molecule has 2 aromatic heterocycles. The van der Waals surface area contributed by atoms with Crippen molar-refractivity contribution >= 4 is 17.6 Å². The summed E-state index contributed by atoms with van der Waals surface area (Å²) in [5, 5.41) is 6.40. The molecule has 0 aliphatic carbocycles. The first-order chi connectivity index (χ1) is 13.1. The van der Waals surface area contributed by atoms with Gasteiger partial charge in [0.2, 0.25) is 11.9 Å². The number of aromatic nitrogens is 3. The summed E-state index contributed by atoms with van der Waals surface area (Å²) in [6.45, 7) is 3.92. The van der Waals surface area contributed by atoms with Crippen LogP contribution in [0.4, 0.5) is 11.6 Å². The topological polar surface area (TPSA) is 84.2 Å². The van der Waals surface area contributed by atoms with Gasteiger partial charge in [-0.25, -0.2) is 9.98 Å². The molecule has 0 radical (unpaired) electrons. The standard InChI is InChI=1S/C20H20N6O/c1-3-14-6-8-16(9-7-14)23-19-24-18(15-5-4-10-21-12-15)26-17(27)11-13(2)22-20(26)25-19/h4-12,18H,3H2,1-2H3,(H2,22,23,24,25). The van der Waals surface area contributed by atoms with E-state index in [1.807, 2.05) is 24.3 Å². The molecule has 1 aliphatic rings. The molecule has 136 valence electrons. The third-order valence-corrected chi connectivity index (χ3v) is 4.41. The van der Waals surface area contributed by atoms with E-state index in [4.69, 9.17) is 4.99 Å². The first-order valence-electron chi connectivity index (χ1n) is 8.85. The molecule has 3 aromatic rings. The van der Waals surface area contributed by atoms with Crippen LogP contribution in [0.1, 0.15) is 29.9 Å². The summed E-state index contributed by atoms with van der Waals surface area (Å²) in [5.41, 5.74) is 3.48. The molecule has 7 nitrogen and oxygen atoms in total. The summed E-state index contributed by atoms with van der Waals surface area (Å²) < 4.78 is 1.54. The Kier molecular flexibility index (Phi) is 4.42. The summed E-state index contributed by atoms with van der Waals surface area (Å²) in [6, 6.07) is 13.4. The van der Waals surface area contributed by atoms with Crippen molar-refractivity contribution in [1.29, 1.82) is 0 Å². The molecule has 4 rings (SSSR count). The number of fused-ring (bicyclic) bond motifs is 1. The molecular formula is C20H20N6O. The first kappa shape index (κ1) is 17.0. The van der Waals surface area contributed by atoms with E-state index in [9.17, 15) is 4.79 Å². The van der Waals surface area contributed by atoms with Crippen LogP contribution in [0.5, 0.6) is 0 Å². The fraction of sp³-hybridized carbons (Fsp3) is 0.200. The monoisotopic (exact) mass is 360 g/mol. The van der Waals surface area contributed by atoms with Gasteiger partial charge >= 0.3 is 0 Å². The Morgan fingerprint density at radius 3 is 2.74 bits per heavy atom. The van der Waals surface area contributed by atoms with Gasteiger partial charge in [0, 0.05) is 35.4 Å². The van der Waals surface area contributed by atoms with Gasteiger partial charge in [-0.2, -0.15) is 0 Å². The van der Waals surface area contributed by atoms with Crippen molar-refractivity contribution in [1.82, 2.24) is 14.5 Å². The Balaban J connectivity index is 1.74. The number of aryl methyl sites for hydroxylation is 2. The minimum atomic E-state index is -0.534. The van der Waals surface area contributed by atoms with E-state index >= 15 is 0 Å². The number of rotatable bonds is 3. The third-order valence-electron chi connectivity index (χ3n) is 4.41. The van der Waals surface area contributed by atoms with Crippen molar-refractivity contribution in [2.24, 2.45) is 4.99 Å². The SMILES string of the molecule is CCc1ccc(NC2=NC(c3cccnc3)n3c(nc(C)cc3=O)N2)cc1. The fourth-order valence-electron chi connectivity index (χ4n) is 3.02. The third kappa shape index (κ3) is 3.44. The number of guanidine groups is 1. The normalized spacial score (nSPS) is 15.5. The highest BCUT2D eigenvalue weighted by molar-refractivity contribution is 6.03. The van der Waals surface area contributed by atoms with E-state index in [2.05, 4.69) is 39.7 Å². The Morgan fingerprint density at radius 2 is 2.04 bits per heavy atom. The van der Waals surface area contributed by atoms with Crippen molar-refractivity contribution in [2.75, 3.05) is 10.6 Å². The lowest BCUT2D eigenvalue weighted by molar-refractivity contribution is 0.575. The number of pyridine rings is 1. The van der Waals surface area contributed by atoms with Gasteiger partial charge in [0.05, 0.1) is 0 Å². The molecule has 1 unspecified atom stereocenters. The lowest BCUT2D eigenvalue weighted by Gasteiger charge is -2.26. The van der Waals surface area contributed by atoms with Crippen LogP contribution < -0.4 is 16.2 Å². The maximum absolute atomic E-state index is 12.6. The van der Waals surface area contributed by atoms with E-state index in [1.165, 1.54) is 16.2 Å². The summed E-state index contributed by atoms with van der Waals surface area (Å²) in [6.07, 6.45) is 3.86. The van der Waals surface area contributed by atoms with Crippen molar-refractivity contribution < 1.29 is 0 Å². The minimum absolute atomic E-state index is 0.158. The van der Waals surface area contributed by atoms with Crippen LogP contribution in [0, 0.1) is 6.92 Å². The molecule has 0 fully saturated rings.